The van der Waals surface area contributed by atoms with Gasteiger partial charge in [0.05, 0.1) is 0 Å². The summed E-state index contributed by atoms with van der Waals surface area (Å²) >= 11 is 0. The molecule has 2 radical (unpaired) electrons. The van der Waals surface area contributed by atoms with Crippen LogP contribution >= 0.6 is 0 Å². The summed E-state index contributed by atoms with van der Waals surface area (Å²) < 4.78 is 16.0. The van der Waals surface area contributed by atoms with E-state index in [0.29, 0.717) is 40.9 Å². The number of fused-ring (bicyclic) bond motifs is 1. The highest BCUT2D eigenvalue weighted by molar-refractivity contribution is 6.07. The Morgan fingerprint density at radius 1 is 1.06 bits per heavy atom. The number of rotatable bonds is 5. The molecule has 0 atom stereocenters. The molecule has 0 unspecified atom stereocenters. The average molecular weight is 436 g/mol. The van der Waals surface area contributed by atoms with Crippen LogP contribution in [0.4, 0.5) is 16.0 Å². The average Bonchev–Trinajstić information content (AvgIpc) is 3.52. The van der Waals surface area contributed by atoms with Crippen LogP contribution in [0.15, 0.2) is 54.7 Å². The Labute approximate surface area is 190 Å². The van der Waals surface area contributed by atoms with Crippen LogP contribution < -0.4 is 10.6 Å². The van der Waals surface area contributed by atoms with Crippen molar-refractivity contribution in [3.8, 4) is 22.5 Å². The van der Waals surface area contributed by atoms with Crippen molar-refractivity contribution in [2.24, 2.45) is 0 Å². The van der Waals surface area contributed by atoms with E-state index in [-0.39, 0.29) is 11.7 Å². The van der Waals surface area contributed by atoms with E-state index in [9.17, 15) is 9.18 Å². The number of nitrogens with zero attached hydrogens (tertiary/aromatic N) is 4. The first-order valence-electron chi connectivity index (χ1n) is 10.7. The van der Waals surface area contributed by atoms with Gasteiger partial charge in [0, 0.05) is 52.3 Å². The quantitative estimate of drug-likeness (QED) is 0.463. The van der Waals surface area contributed by atoms with Gasteiger partial charge in [-0.15, -0.1) is 0 Å². The van der Waals surface area contributed by atoms with Crippen molar-refractivity contribution in [1.82, 2.24) is 25.0 Å². The molecular formula is C24H18BFN6O. The molecule has 0 bridgehead atoms. The van der Waals surface area contributed by atoms with Crippen LogP contribution in [-0.2, 0) is 6.54 Å². The predicted molar refractivity (Wildman–Crippen MR) is 123 cm³/mol. The zero-order valence-electron chi connectivity index (χ0n) is 17.5. The molecule has 33 heavy (non-hydrogen) atoms. The van der Waals surface area contributed by atoms with E-state index in [1.807, 2.05) is 18.2 Å². The normalized spacial score (nSPS) is 14.8. The molecule has 160 valence electrons. The molecule has 9 heteroatoms. The van der Waals surface area contributed by atoms with Crippen molar-refractivity contribution in [3.05, 3.63) is 77.4 Å². The number of nitrogens with one attached hydrogen (secondary N) is 2. The number of benzene rings is 2. The number of anilines is 2. The summed E-state index contributed by atoms with van der Waals surface area (Å²) in [6.45, 7) is 0.481. The van der Waals surface area contributed by atoms with Gasteiger partial charge in [0.15, 0.2) is 5.82 Å². The lowest BCUT2D eigenvalue weighted by Gasteiger charge is -2.06. The lowest BCUT2D eigenvalue weighted by Crippen LogP contribution is -2.12. The number of carbonyl (C=O) groups is 1. The first kappa shape index (κ1) is 19.7. The van der Waals surface area contributed by atoms with E-state index in [2.05, 4.69) is 25.7 Å². The molecule has 0 spiro atoms. The Morgan fingerprint density at radius 2 is 1.88 bits per heavy atom. The Kier molecular flexibility index (Phi) is 4.50. The molecule has 7 nitrogen and oxygen atoms in total. The summed E-state index contributed by atoms with van der Waals surface area (Å²) in [7, 11) is 5.98. The second kappa shape index (κ2) is 7.55. The van der Waals surface area contributed by atoms with E-state index in [4.69, 9.17) is 7.98 Å². The van der Waals surface area contributed by atoms with E-state index in [1.165, 1.54) is 18.9 Å². The second-order valence-corrected chi connectivity index (χ2v) is 8.32. The monoisotopic (exact) mass is 436 g/mol. The van der Waals surface area contributed by atoms with Gasteiger partial charge in [-0.05, 0) is 48.7 Å². The summed E-state index contributed by atoms with van der Waals surface area (Å²) in [5.74, 6) is 0.688. The van der Waals surface area contributed by atoms with E-state index < -0.39 is 0 Å². The van der Waals surface area contributed by atoms with Crippen molar-refractivity contribution in [3.63, 3.8) is 0 Å². The van der Waals surface area contributed by atoms with Crippen LogP contribution in [0.3, 0.4) is 0 Å². The number of aromatic nitrogens is 4. The number of carbonyl (C=O) groups excluding carboxylic acids is 1. The molecule has 2 aromatic carbocycles. The van der Waals surface area contributed by atoms with Crippen LogP contribution in [0, 0.1) is 5.82 Å². The fraction of sp³-hybridized carbons (Fsp3) is 0.167. The maximum Gasteiger partial charge on any atom is 0.269 e. The van der Waals surface area contributed by atoms with Crippen molar-refractivity contribution >= 4 is 25.5 Å². The molecule has 2 aromatic heterocycles. The van der Waals surface area contributed by atoms with Gasteiger partial charge < -0.3 is 10.6 Å². The zero-order valence-corrected chi connectivity index (χ0v) is 17.5. The van der Waals surface area contributed by atoms with Crippen LogP contribution in [0.2, 0.25) is 0 Å². The molecule has 1 fully saturated rings. The van der Waals surface area contributed by atoms with Gasteiger partial charge in [-0.3, -0.25) is 14.4 Å². The van der Waals surface area contributed by atoms with Crippen molar-refractivity contribution in [1.29, 1.82) is 0 Å². The fourth-order valence-electron chi connectivity index (χ4n) is 4.04. The SMILES string of the molecule is [B]n1nc(-c2ccc(-c3ccc(C4CC4)nc3)c(F)c2)nc1Nc1ccc2c(c1)CNC2=O. The molecule has 1 aliphatic heterocycles. The predicted octanol–water partition coefficient (Wildman–Crippen LogP) is 3.94. The molecule has 2 aliphatic rings. The second-order valence-electron chi connectivity index (χ2n) is 8.32. The van der Waals surface area contributed by atoms with Crippen LogP contribution in [0.1, 0.15) is 40.4 Å². The van der Waals surface area contributed by atoms with Gasteiger partial charge in [0.2, 0.25) is 5.95 Å². The minimum atomic E-state index is -0.382. The van der Waals surface area contributed by atoms with Crippen LogP contribution in [0.25, 0.3) is 22.5 Å². The Hall–Kier alpha value is -4.01. The third-order valence-electron chi connectivity index (χ3n) is 6.00. The summed E-state index contributed by atoms with van der Waals surface area (Å²) in [6, 6.07) is 14.1. The highest BCUT2D eigenvalue weighted by Crippen LogP contribution is 2.39. The number of amides is 1. The lowest BCUT2D eigenvalue weighted by atomic mass is 10.0. The van der Waals surface area contributed by atoms with E-state index in [0.717, 1.165) is 27.1 Å². The molecule has 2 N–H and O–H groups in total. The molecule has 6 rings (SSSR count). The molecule has 3 heterocycles. The Balaban J connectivity index is 1.24. The smallest absolute Gasteiger partial charge is 0.269 e. The first-order valence-corrected chi connectivity index (χ1v) is 10.7. The summed E-state index contributed by atoms with van der Waals surface area (Å²) in [5.41, 5.74) is 5.05. The van der Waals surface area contributed by atoms with Crippen molar-refractivity contribution < 1.29 is 9.18 Å². The van der Waals surface area contributed by atoms with E-state index in [1.54, 1.807) is 30.5 Å². The summed E-state index contributed by atoms with van der Waals surface area (Å²) in [5, 5.41) is 10.1. The highest BCUT2D eigenvalue weighted by atomic mass is 19.1. The highest BCUT2D eigenvalue weighted by Gasteiger charge is 2.24. The minimum absolute atomic E-state index is 0.0825. The molecular weight excluding hydrogens is 418 g/mol. The zero-order chi connectivity index (χ0) is 22.5. The molecule has 4 aromatic rings. The summed E-state index contributed by atoms with van der Waals surface area (Å²) in [6.07, 6.45) is 4.08. The van der Waals surface area contributed by atoms with Gasteiger partial charge in [0.25, 0.3) is 13.9 Å². The number of hydrogen-bond acceptors (Lipinski definition) is 5. The third kappa shape index (κ3) is 3.65. The van der Waals surface area contributed by atoms with Crippen molar-refractivity contribution in [2.45, 2.75) is 25.3 Å². The van der Waals surface area contributed by atoms with Gasteiger partial charge >= 0.3 is 0 Å². The lowest BCUT2D eigenvalue weighted by molar-refractivity contribution is 0.0966. The number of halogens is 1. The summed E-state index contributed by atoms with van der Waals surface area (Å²) in [4.78, 5) is 20.6. The van der Waals surface area contributed by atoms with E-state index >= 15 is 0 Å². The number of hydrogen-bond donors (Lipinski definition) is 2. The molecule has 1 aliphatic carbocycles. The Morgan fingerprint density at radius 3 is 2.64 bits per heavy atom. The minimum Gasteiger partial charge on any atom is -0.348 e. The van der Waals surface area contributed by atoms with Crippen molar-refractivity contribution in [2.75, 3.05) is 5.32 Å². The first-order chi connectivity index (χ1) is 16.0. The largest absolute Gasteiger partial charge is 0.348 e. The van der Waals surface area contributed by atoms with Gasteiger partial charge in [0.1, 0.15) is 5.82 Å². The maximum absolute atomic E-state index is 14.9. The maximum atomic E-state index is 14.9. The topological polar surface area (TPSA) is 84.7 Å². The molecule has 1 amide bonds. The van der Waals surface area contributed by atoms with Crippen LogP contribution in [0.5, 0.6) is 0 Å². The fourth-order valence-corrected chi connectivity index (χ4v) is 4.04. The van der Waals surface area contributed by atoms with Gasteiger partial charge in [-0.1, -0.05) is 18.2 Å². The standard InChI is InChI=1S/C24H18BFN6O/c25-32-24(29-17-5-7-19-16(9-17)12-28-23(19)33)30-22(31-32)14-3-6-18(20(26)10-14)15-4-8-21(27-11-15)13-1-2-13/h3-11,13H,1-2,12H2,(H,28,33)(H,29,30,31). The third-order valence-corrected chi connectivity index (χ3v) is 6.00. The molecule has 1 saturated carbocycles. The van der Waals surface area contributed by atoms with Gasteiger partial charge in [-0.25, -0.2) is 4.39 Å². The van der Waals surface area contributed by atoms with Crippen LogP contribution in [-0.4, -0.2) is 33.5 Å². The van der Waals surface area contributed by atoms with Gasteiger partial charge in [-0.2, -0.15) is 10.1 Å². The Bertz CT molecular complexity index is 1400. The molecule has 0 saturated heterocycles. The number of pyridine rings is 1.